The molecular formula is C10H11BrO2S. The summed E-state index contributed by atoms with van der Waals surface area (Å²) in [6.07, 6.45) is 0.358. The molecule has 0 unspecified atom stereocenters. The summed E-state index contributed by atoms with van der Waals surface area (Å²) >= 11 is 7.30. The standard InChI is InChI=1S/C10H11BrO2S/c11-9-3-1-2-8(6-9)7-13-10(12)4-5-14/h1-3,6,14H,4-5,7H2. The van der Waals surface area contributed by atoms with Gasteiger partial charge in [0.05, 0.1) is 6.42 Å². The van der Waals surface area contributed by atoms with Gasteiger partial charge in [0.2, 0.25) is 0 Å². The largest absolute Gasteiger partial charge is 0.461 e. The van der Waals surface area contributed by atoms with E-state index in [4.69, 9.17) is 4.74 Å². The predicted molar refractivity (Wildman–Crippen MR) is 62.4 cm³/mol. The Hall–Kier alpha value is -0.480. The van der Waals surface area contributed by atoms with Gasteiger partial charge in [0.25, 0.3) is 0 Å². The first-order valence-electron chi connectivity index (χ1n) is 4.23. The Balaban J connectivity index is 2.41. The molecule has 4 heteroatoms. The van der Waals surface area contributed by atoms with Crippen LogP contribution in [0, 0.1) is 0 Å². The Morgan fingerprint density at radius 2 is 2.29 bits per heavy atom. The lowest BCUT2D eigenvalue weighted by Crippen LogP contribution is -2.04. The summed E-state index contributed by atoms with van der Waals surface area (Å²) in [5, 5.41) is 0. The lowest BCUT2D eigenvalue weighted by Gasteiger charge is -2.03. The third kappa shape index (κ3) is 4.15. The van der Waals surface area contributed by atoms with Gasteiger partial charge in [0.1, 0.15) is 6.61 Å². The van der Waals surface area contributed by atoms with E-state index in [1.54, 1.807) is 0 Å². The van der Waals surface area contributed by atoms with Crippen LogP contribution in [0.1, 0.15) is 12.0 Å². The number of carbonyl (C=O) groups is 1. The molecule has 0 heterocycles. The summed E-state index contributed by atoms with van der Waals surface area (Å²) < 4.78 is 6.00. The molecule has 0 N–H and O–H groups in total. The number of benzene rings is 1. The molecule has 0 amide bonds. The van der Waals surface area contributed by atoms with Gasteiger partial charge in [-0.1, -0.05) is 28.1 Å². The van der Waals surface area contributed by atoms with Gasteiger partial charge in [-0.05, 0) is 17.7 Å². The quantitative estimate of drug-likeness (QED) is 0.675. The Kier molecular flexibility index (Phi) is 5.04. The summed E-state index contributed by atoms with van der Waals surface area (Å²) in [5.41, 5.74) is 0.979. The van der Waals surface area contributed by atoms with Gasteiger partial charge >= 0.3 is 5.97 Å². The zero-order chi connectivity index (χ0) is 10.4. The van der Waals surface area contributed by atoms with Crippen molar-refractivity contribution in [2.45, 2.75) is 13.0 Å². The first-order valence-corrected chi connectivity index (χ1v) is 5.66. The maximum absolute atomic E-state index is 11.0. The van der Waals surface area contributed by atoms with Crippen molar-refractivity contribution >= 4 is 34.5 Å². The van der Waals surface area contributed by atoms with Crippen molar-refractivity contribution in [2.24, 2.45) is 0 Å². The summed E-state index contributed by atoms with van der Waals surface area (Å²) in [6.45, 7) is 0.325. The molecule has 0 spiro atoms. The topological polar surface area (TPSA) is 26.3 Å². The Labute approximate surface area is 97.2 Å². The second-order valence-corrected chi connectivity index (χ2v) is 4.13. The molecule has 0 aromatic heterocycles. The Bertz CT molecular complexity index is 315. The predicted octanol–water partition coefficient (Wildman–Crippen LogP) is 2.81. The first kappa shape index (κ1) is 11.6. The molecule has 14 heavy (non-hydrogen) atoms. The van der Waals surface area contributed by atoms with Crippen molar-refractivity contribution < 1.29 is 9.53 Å². The number of rotatable bonds is 4. The van der Waals surface area contributed by atoms with Crippen molar-refractivity contribution in [3.05, 3.63) is 34.3 Å². The van der Waals surface area contributed by atoms with Crippen LogP contribution >= 0.6 is 28.6 Å². The van der Waals surface area contributed by atoms with Crippen LogP contribution in [0.4, 0.5) is 0 Å². The van der Waals surface area contributed by atoms with E-state index in [1.807, 2.05) is 24.3 Å². The molecule has 76 valence electrons. The minimum Gasteiger partial charge on any atom is -0.461 e. The fourth-order valence-corrected chi connectivity index (χ4v) is 1.58. The molecule has 2 nitrogen and oxygen atoms in total. The molecule has 0 atom stereocenters. The van der Waals surface area contributed by atoms with Crippen LogP contribution in [0.15, 0.2) is 28.7 Å². The number of carbonyl (C=O) groups excluding carboxylic acids is 1. The Morgan fingerprint density at radius 3 is 2.93 bits per heavy atom. The van der Waals surface area contributed by atoms with Gasteiger partial charge in [-0.25, -0.2) is 0 Å². The summed E-state index contributed by atoms with van der Waals surface area (Å²) in [7, 11) is 0. The van der Waals surface area contributed by atoms with Crippen LogP contribution in [0.2, 0.25) is 0 Å². The van der Waals surface area contributed by atoms with Crippen molar-refractivity contribution in [1.82, 2.24) is 0 Å². The van der Waals surface area contributed by atoms with E-state index in [1.165, 1.54) is 0 Å². The third-order valence-corrected chi connectivity index (χ3v) is 2.32. The average Bonchev–Trinajstić information content (AvgIpc) is 2.15. The van der Waals surface area contributed by atoms with Gasteiger partial charge in [-0.3, -0.25) is 4.79 Å². The van der Waals surface area contributed by atoms with Crippen LogP contribution in [-0.4, -0.2) is 11.7 Å². The van der Waals surface area contributed by atoms with Gasteiger partial charge in [-0.15, -0.1) is 0 Å². The van der Waals surface area contributed by atoms with Crippen LogP contribution in [-0.2, 0) is 16.1 Å². The van der Waals surface area contributed by atoms with E-state index in [2.05, 4.69) is 28.6 Å². The number of hydrogen-bond donors (Lipinski definition) is 1. The lowest BCUT2D eigenvalue weighted by molar-refractivity contribution is -0.144. The maximum atomic E-state index is 11.0. The first-order chi connectivity index (χ1) is 6.72. The van der Waals surface area contributed by atoms with E-state index in [0.717, 1.165) is 10.0 Å². The van der Waals surface area contributed by atoms with Crippen molar-refractivity contribution in [3.8, 4) is 0 Å². The molecule has 0 fully saturated rings. The minimum absolute atomic E-state index is 0.208. The SMILES string of the molecule is O=C(CCS)OCc1cccc(Br)c1. The molecule has 0 aliphatic carbocycles. The molecular weight excluding hydrogens is 264 g/mol. The minimum atomic E-state index is -0.208. The molecule has 1 rings (SSSR count). The highest BCUT2D eigenvalue weighted by Gasteiger charge is 2.01. The second kappa shape index (κ2) is 6.09. The summed E-state index contributed by atoms with van der Waals surface area (Å²) in [4.78, 5) is 11.0. The molecule has 0 saturated carbocycles. The third-order valence-electron chi connectivity index (χ3n) is 1.60. The normalized spacial score (nSPS) is 9.86. The smallest absolute Gasteiger partial charge is 0.306 e. The highest BCUT2D eigenvalue weighted by molar-refractivity contribution is 9.10. The number of hydrogen-bond acceptors (Lipinski definition) is 3. The van der Waals surface area contributed by atoms with E-state index in [-0.39, 0.29) is 5.97 Å². The van der Waals surface area contributed by atoms with Crippen LogP contribution in [0.3, 0.4) is 0 Å². The van der Waals surface area contributed by atoms with E-state index >= 15 is 0 Å². The van der Waals surface area contributed by atoms with Gasteiger partial charge < -0.3 is 4.74 Å². The highest BCUT2D eigenvalue weighted by Crippen LogP contribution is 2.12. The van der Waals surface area contributed by atoms with E-state index in [9.17, 15) is 4.79 Å². The molecule has 1 aromatic carbocycles. The second-order valence-electron chi connectivity index (χ2n) is 2.76. The van der Waals surface area contributed by atoms with Crippen LogP contribution in [0.25, 0.3) is 0 Å². The van der Waals surface area contributed by atoms with Crippen molar-refractivity contribution in [1.29, 1.82) is 0 Å². The Morgan fingerprint density at radius 1 is 1.50 bits per heavy atom. The van der Waals surface area contributed by atoms with Gasteiger partial charge in [0, 0.05) is 10.2 Å². The number of thiol groups is 1. The van der Waals surface area contributed by atoms with Gasteiger partial charge in [0.15, 0.2) is 0 Å². The van der Waals surface area contributed by atoms with Crippen molar-refractivity contribution in [3.63, 3.8) is 0 Å². The van der Waals surface area contributed by atoms with Crippen molar-refractivity contribution in [2.75, 3.05) is 5.75 Å². The fraction of sp³-hybridized carbons (Fsp3) is 0.300. The molecule has 0 aliphatic heterocycles. The van der Waals surface area contributed by atoms with Crippen LogP contribution < -0.4 is 0 Å². The monoisotopic (exact) mass is 274 g/mol. The molecule has 0 saturated heterocycles. The number of esters is 1. The molecule has 0 radical (unpaired) electrons. The number of halogens is 1. The molecule has 0 bridgehead atoms. The zero-order valence-electron chi connectivity index (χ0n) is 7.57. The van der Waals surface area contributed by atoms with E-state index in [0.29, 0.717) is 18.8 Å². The van der Waals surface area contributed by atoms with Crippen LogP contribution in [0.5, 0.6) is 0 Å². The summed E-state index contributed by atoms with van der Waals surface area (Å²) in [5.74, 6) is 0.317. The zero-order valence-corrected chi connectivity index (χ0v) is 10.1. The van der Waals surface area contributed by atoms with Gasteiger partial charge in [-0.2, -0.15) is 12.6 Å². The highest BCUT2D eigenvalue weighted by atomic mass is 79.9. The molecule has 1 aromatic rings. The fourth-order valence-electron chi connectivity index (χ4n) is 0.954. The summed E-state index contributed by atoms with van der Waals surface area (Å²) in [6, 6.07) is 7.68. The average molecular weight is 275 g/mol. The molecule has 0 aliphatic rings. The van der Waals surface area contributed by atoms with E-state index < -0.39 is 0 Å². The lowest BCUT2D eigenvalue weighted by atomic mass is 10.2. The number of ether oxygens (including phenoxy) is 1. The maximum Gasteiger partial charge on any atom is 0.306 e.